The third-order valence-electron chi connectivity index (χ3n) is 2.92. The first-order valence-corrected chi connectivity index (χ1v) is 5.01. The molecule has 0 N–H and O–H groups in total. The van der Waals surface area contributed by atoms with Crippen LogP contribution in [0.3, 0.4) is 0 Å². The van der Waals surface area contributed by atoms with Crippen molar-refractivity contribution in [3.63, 3.8) is 0 Å². The van der Waals surface area contributed by atoms with Crippen molar-refractivity contribution in [3.05, 3.63) is 12.7 Å². The number of nitriles is 1. The first-order valence-electron chi connectivity index (χ1n) is 5.01. The summed E-state index contributed by atoms with van der Waals surface area (Å²) in [4.78, 5) is 2.41. The van der Waals surface area contributed by atoms with Gasteiger partial charge in [-0.25, -0.2) is 0 Å². The monoisotopic (exact) mass is 178 g/mol. The molecular weight excluding hydrogens is 160 g/mol. The van der Waals surface area contributed by atoms with Crippen molar-refractivity contribution in [2.24, 2.45) is 5.92 Å². The van der Waals surface area contributed by atoms with Gasteiger partial charge in [0.25, 0.3) is 0 Å². The molecule has 0 aromatic carbocycles. The molecule has 1 heterocycles. The van der Waals surface area contributed by atoms with Gasteiger partial charge in [-0.15, -0.1) is 6.58 Å². The maximum Gasteiger partial charge on any atom is 0.0638 e. The van der Waals surface area contributed by atoms with Crippen LogP contribution in [0.15, 0.2) is 12.7 Å². The molecule has 0 bridgehead atoms. The number of hydrogen-bond donors (Lipinski definition) is 0. The van der Waals surface area contributed by atoms with E-state index in [1.165, 1.54) is 12.8 Å². The summed E-state index contributed by atoms with van der Waals surface area (Å²) in [5.41, 5.74) is 0. The second-order valence-electron chi connectivity index (χ2n) is 3.82. The molecule has 0 amide bonds. The fraction of sp³-hybridized carbons (Fsp3) is 0.727. The molecule has 0 aliphatic carbocycles. The van der Waals surface area contributed by atoms with Crippen LogP contribution in [0.5, 0.6) is 0 Å². The lowest BCUT2D eigenvalue weighted by atomic mass is 9.96. The maximum absolute atomic E-state index is 8.57. The van der Waals surface area contributed by atoms with Crippen LogP contribution >= 0.6 is 0 Å². The molecule has 0 radical (unpaired) electrons. The minimum absolute atomic E-state index is 0.427. The van der Waals surface area contributed by atoms with Crippen LogP contribution < -0.4 is 0 Å². The molecule has 13 heavy (non-hydrogen) atoms. The van der Waals surface area contributed by atoms with Crippen molar-refractivity contribution in [2.45, 2.75) is 32.2 Å². The molecule has 1 atom stereocenters. The van der Waals surface area contributed by atoms with E-state index in [1.807, 2.05) is 0 Å². The molecule has 1 unspecified atom stereocenters. The van der Waals surface area contributed by atoms with E-state index in [0.717, 1.165) is 13.1 Å². The first-order chi connectivity index (χ1) is 6.27. The van der Waals surface area contributed by atoms with Crippen molar-refractivity contribution < 1.29 is 0 Å². The quantitative estimate of drug-likeness (QED) is 0.619. The van der Waals surface area contributed by atoms with Crippen LogP contribution in [0, 0.1) is 17.2 Å². The number of allylic oxidation sites excluding steroid dienone is 1. The van der Waals surface area contributed by atoms with Gasteiger partial charge in [0.2, 0.25) is 0 Å². The van der Waals surface area contributed by atoms with Gasteiger partial charge < -0.3 is 0 Å². The van der Waals surface area contributed by atoms with Gasteiger partial charge in [-0.2, -0.15) is 5.26 Å². The molecule has 1 aliphatic heterocycles. The number of nitrogens with zero attached hydrogens (tertiary/aromatic N) is 2. The third-order valence-corrected chi connectivity index (χ3v) is 2.92. The van der Waals surface area contributed by atoms with E-state index in [4.69, 9.17) is 5.26 Å². The average molecular weight is 178 g/mol. The Morgan fingerprint density at radius 1 is 1.62 bits per heavy atom. The largest absolute Gasteiger partial charge is 0.300 e. The summed E-state index contributed by atoms with van der Waals surface area (Å²) in [7, 11) is 0. The molecule has 2 heteroatoms. The Bertz CT molecular complexity index is 197. The summed E-state index contributed by atoms with van der Waals surface area (Å²) < 4.78 is 0. The number of hydrogen-bond acceptors (Lipinski definition) is 2. The Hall–Kier alpha value is -0.810. The van der Waals surface area contributed by atoms with Crippen molar-refractivity contribution in [1.82, 2.24) is 4.90 Å². The predicted octanol–water partition coefficient (Wildman–Crippen LogP) is 2.19. The highest BCUT2D eigenvalue weighted by Gasteiger charge is 2.20. The highest BCUT2D eigenvalue weighted by atomic mass is 15.2. The SMILES string of the molecule is C=CC1CCN(C(C)CC#N)CC1. The molecule has 1 aliphatic rings. The number of likely N-dealkylation sites (tertiary alicyclic amines) is 1. The van der Waals surface area contributed by atoms with Gasteiger partial charge in [0.1, 0.15) is 0 Å². The fourth-order valence-corrected chi connectivity index (χ4v) is 1.86. The van der Waals surface area contributed by atoms with Crippen LogP contribution in [0.1, 0.15) is 26.2 Å². The molecule has 2 nitrogen and oxygen atoms in total. The fourth-order valence-electron chi connectivity index (χ4n) is 1.86. The smallest absolute Gasteiger partial charge is 0.0638 e. The van der Waals surface area contributed by atoms with Gasteiger partial charge in [-0.1, -0.05) is 6.08 Å². The van der Waals surface area contributed by atoms with Crippen LogP contribution in [-0.4, -0.2) is 24.0 Å². The van der Waals surface area contributed by atoms with E-state index < -0.39 is 0 Å². The molecule has 0 spiro atoms. The third kappa shape index (κ3) is 2.86. The average Bonchev–Trinajstić information content (AvgIpc) is 2.18. The zero-order chi connectivity index (χ0) is 9.68. The predicted molar refractivity (Wildman–Crippen MR) is 54.2 cm³/mol. The standard InChI is InChI=1S/C11H18N2/c1-3-11-5-8-13(9-6-11)10(2)4-7-12/h3,10-11H,1,4-6,8-9H2,2H3. The summed E-state index contributed by atoms with van der Waals surface area (Å²) in [5.74, 6) is 0.700. The van der Waals surface area contributed by atoms with Crippen molar-refractivity contribution in [3.8, 4) is 6.07 Å². The Kier molecular flexibility index (Phi) is 3.98. The van der Waals surface area contributed by atoms with Crippen molar-refractivity contribution in [2.75, 3.05) is 13.1 Å². The Balaban J connectivity index is 2.32. The van der Waals surface area contributed by atoms with E-state index in [-0.39, 0.29) is 0 Å². The van der Waals surface area contributed by atoms with Gasteiger partial charge in [0.15, 0.2) is 0 Å². The van der Waals surface area contributed by atoms with Crippen LogP contribution in [-0.2, 0) is 0 Å². The lowest BCUT2D eigenvalue weighted by molar-refractivity contribution is 0.156. The number of piperidine rings is 1. The second-order valence-corrected chi connectivity index (χ2v) is 3.82. The molecule has 0 aromatic rings. The molecule has 0 aromatic heterocycles. The number of rotatable bonds is 3. The molecule has 1 rings (SSSR count). The van der Waals surface area contributed by atoms with E-state index in [9.17, 15) is 0 Å². The van der Waals surface area contributed by atoms with E-state index in [0.29, 0.717) is 18.4 Å². The van der Waals surface area contributed by atoms with E-state index in [2.05, 4.69) is 30.5 Å². The van der Waals surface area contributed by atoms with Crippen LogP contribution in [0.2, 0.25) is 0 Å². The molecule has 72 valence electrons. The maximum atomic E-state index is 8.57. The molecule has 1 fully saturated rings. The Morgan fingerprint density at radius 3 is 2.69 bits per heavy atom. The van der Waals surface area contributed by atoms with Crippen molar-refractivity contribution >= 4 is 0 Å². The summed E-state index contributed by atoms with van der Waals surface area (Å²) in [6.07, 6.45) is 5.13. The Morgan fingerprint density at radius 2 is 2.23 bits per heavy atom. The van der Waals surface area contributed by atoms with E-state index in [1.54, 1.807) is 0 Å². The zero-order valence-corrected chi connectivity index (χ0v) is 8.37. The summed E-state index contributed by atoms with van der Waals surface area (Å²) in [6, 6.07) is 2.65. The van der Waals surface area contributed by atoms with Gasteiger partial charge in [0, 0.05) is 6.04 Å². The minimum Gasteiger partial charge on any atom is -0.300 e. The highest BCUT2D eigenvalue weighted by Crippen LogP contribution is 2.20. The summed E-state index contributed by atoms with van der Waals surface area (Å²) in [6.45, 7) is 8.21. The van der Waals surface area contributed by atoms with Crippen LogP contribution in [0.4, 0.5) is 0 Å². The second kappa shape index (κ2) is 5.04. The van der Waals surface area contributed by atoms with Gasteiger partial charge in [-0.05, 0) is 38.8 Å². The lowest BCUT2D eigenvalue weighted by Crippen LogP contribution is -2.39. The van der Waals surface area contributed by atoms with E-state index >= 15 is 0 Å². The molecular formula is C11H18N2. The topological polar surface area (TPSA) is 27.0 Å². The van der Waals surface area contributed by atoms with Crippen LogP contribution in [0.25, 0.3) is 0 Å². The zero-order valence-electron chi connectivity index (χ0n) is 8.37. The summed E-state index contributed by atoms with van der Waals surface area (Å²) >= 11 is 0. The molecule has 0 saturated carbocycles. The minimum atomic E-state index is 0.427. The van der Waals surface area contributed by atoms with Gasteiger partial charge in [-0.3, -0.25) is 4.90 Å². The van der Waals surface area contributed by atoms with Gasteiger partial charge in [0.05, 0.1) is 12.5 Å². The summed E-state index contributed by atoms with van der Waals surface area (Å²) in [5, 5.41) is 8.57. The molecule has 1 saturated heterocycles. The lowest BCUT2D eigenvalue weighted by Gasteiger charge is -2.34. The normalized spacial score (nSPS) is 22.2. The Labute approximate surface area is 80.8 Å². The van der Waals surface area contributed by atoms with Gasteiger partial charge >= 0.3 is 0 Å². The highest BCUT2D eigenvalue weighted by molar-refractivity contribution is 4.87. The first kappa shape index (κ1) is 10.3. The van der Waals surface area contributed by atoms with Crippen molar-refractivity contribution in [1.29, 1.82) is 5.26 Å².